The predicted molar refractivity (Wildman–Crippen MR) is 156 cm³/mol. The van der Waals surface area contributed by atoms with Crippen molar-refractivity contribution < 1.29 is 9.59 Å². The lowest BCUT2D eigenvalue weighted by atomic mass is 10.0. The highest BCUT2D eigenvalue weighted by Crippen LogP contribution is 2.24. The molecule has 1 N–H and O–H groups in total. The van der Waals surface area contributed by atoms with Gasteiger partial charge in [-0.05, 0) is 60.4 Å². The number of H-pyrrole nitrogens is 1. The minimum absolute atomic E-state index is 0.0505. The van der Waals surface area contributed by atoms with E-state index in [9.17, 15) is 14.4 Å². The minimum Gasteiger partial charge on any atom is -0.331 e. The molecule has 1 amide bonds. The third kappa shape index (κ3) is 5.06. The van der Waals surface area contributed by atoms with Crippen LogP contribution in [0.5, 0.6) is 0 Å². The summed E-state index contributed by atoms with van der Waals surface area (Å²) < 4.78 is 1.44. The van der Waals surface area contributed by atoms with Crippen LogP contribution in [-0.4, -0.2) is 39.5 Å². The molecule has 1 aromatic heterocycles. The zero-order valence-corrected chi connectivity index (χ0v) is 22.4. The van der Waals surface area contributed by atoms with Crippen LogP contribution in [0.25, 0.3) is 27.7 Å². The number of hydrogen-bond donors (Lipinski definition) is 1. The summed E-state index contributed by atoms with van der Waals surface area (Å²) in [6.07, 6.45) is 0.679. The summed E-state index contributed by atoms with van der Waals surface area (Å²) in [7, 11) is 0. The average Bonchev–Trinajstić information content (AvgIpc) is 3.30. The molecule has 0 aliphatic rings. The summed E-state index contributed by atoms with van der Waals surface area (Å²) in [6, 6.07) is 28.5. The molecule has 6 nitrogen and oxygen atoms in total. The van der Waals surface area contributed by atoms with Crippen LogP contribution >= 0.6 is 0 Å². The number of fused-ring (bicyclic) bond motifs is 1. The van der Waals surface area contributed by atoms with Crippen LogP contribution < -0.4 is 5.56 Å². The lowest BCUT2D eigenvalue weighted by Crippen LogP contribution is -2.37. The Labute approximate surface area is 227 Å². The second kappa shape index (κ2) is 11.0. The van der Waals surface area contributed by atoms with Crippen LogP contribution in [-0.2, 0) is 0 Å². The van der Waals surface area contributed by atoms with Crippen molar-refractivity contribution in [2.24, 2.45) is 0 Å². The summed E-state index contributed by atoms with van der Waals surface area (Å²) >= 11 is 0. The van der Waals surface area contributed by atoms with E-state index in [4.69, 9.17) is 0 Å². The number of carbonyl (C=O) groups excluding carboxylic acids is 2. The van der Waals surface area contributed by atoms with Crippen LogP contribution in [0.15, 0.2) is 95.8 Å². The second-order valence-corrected chi connectivity index (χ2v) is 9.80. The Balaban J connectivity index is 1.55. The quantitative estimate of drug-likeness (QED) is 0.244. The maximum Gasteiger partial charge on any atom is 0.282 e. The topological polar surface area (TPSA) is 75.2 Å². The highest BCUT2D eigenvalue weighted by Gasteiger charge is 2.27. The van der Waals surface area contributed by atoms with Gasteiger partial charge in [-0.2, -0.15) is 0 Å². The highest BCUT2D eigenvalue weighted by molar-refractivity contribution is 6.06. The van der Waals surface area contributed by atoms with Gasteiger partial charge in [0.15, 0.2) is 5.78 Å². The first-order chi connectivity index (χ1) is 18.9. The van der Waals surface area contributed by atoms with E-state index in [0.29, 0.717) is 29.9 Å². The molecule has 0 unspecified atom stereocenters. The van der Waals surface area contributed by atoms with Crippen molar-refractivity contribution in [2.75, 3.05) is 13.1 Å². The van der Waals surface area contributed by atoms with Gasteiger partial charge in [0.05, 0.1) is 17.9 Å². The molecule has 0 fully saturated rings. The van der Waals surface area contributed by atoms with Crippen molar-refractivity contribution in [3.8, 4) is 16.9 Å². The van der Waals surface area contributed by atoms with E-state index in [1.54, 1.807) is 6.07 Å². The standard InChI is InChI=1S/C33H31N3O3/c1-4-19-35(32(38)27-18-17-24-12-8-9-15-26(24)20-27)21-29(37)30-31(25-13-6-5-7-14-25)34-36(33(30)39)28-16-10-11-22(2)23(28)3/h5-18,20,34H,4,19,21H2,1-3H3. The number of aryl methyl sites for hydroxylation is 1. The van der Waals surface area contributed by atoms with E-state index in [2.05, 4.69) is 5.10 Å². The number of aromatic nitrogens is 2. The Morgan fingerprint density at radius 2 is 1.56 bits per heavy atom. The first-order valence-electron chi connectivity index (χ1n) is 13.2. The lowest BCUT2D eigenvalue weighted by molar-refractivity contribution is 0.0709. The van der Waals surface area contributed by atoms with Gasteiger partial charge in [-0.3, -0.25) is 19.5 Å². The molecule has 39 heavy (non-hydrogen) atoms. The van der Waals surface area contributed by atoms with E-state index in [0.717, 1.165) is 27.5 Å². The Morgan fingerprint density at radius 1 is 0.846 bits per heavy atom. The van der Waals surface area contributed by atoms with E-state index in [1.807, 2.05) is 106 Å². The van der Waals surface area contributed by atoms with Gasteiger partial charge in [0.25, 0.3) is 11.5 Å². The van der Waals surface area contributed by atoms with Gasteiger partial charge in [0.2, 0.25) is 0 Å². The number of hydrogen-bond acceptors (Lipinski definition) is 3. The molecular formula is C33H31N3O3. The van der Waals surface area contributed by atoms with Gasteiger partial charge >= 0.3 is 0 Å². The summed E-state index contributed by atoms with van der Waals surface area (Å²) in [4.78, 5) is 42.8. The summed E-state index contributed by atoms with van der Waals surface area (Å²) in [5, 5.41) is 5.20. The molecule has 1 heterocycles. The van der Waals surface area contributed by atoms with Crippen molar-refractivity contribution in [3.63, 3.8) is 0 Å². The third-order valence-electron chi connectivity index (χ3n) is 7.16. The predicted octanol–water partition coefficient (Wildman–Crippen LogP) is 6.34. The Hall–Kier alpha value is -4.71. The monoisotopic (exact) mass is 517 g/mol. The zero-order valence-electron chi connectivity index (χ0n) is 22.4. The molecule has 0 aliphatic heterocycles. The van der Waals surface area contributed by atoms with E-state index < -0.39 is 11.3 Å². The molecule has 0 radical (unpaired) electrons. The van der Waals surface area contributed by atoms with E-state index >= 15 is 0 Å². The molecule has 0 aliphatic carbocycles. The molecule has 0 atom stereocenters. The first-order valence-corrected chi connectivity index (χ1v) is 13.2. The van der Waals surface area contributed by atoms with Crippen molar-refractivity contribution >= 4 is 22.5 Å². The molecule has 5 rings (SSSR count). The van der Waals surface area contributed by atoms with Gasteiger partial charge < -0.3 is 4.90 Å². The Bertz CT molecular complexity index is 1730. The first kappa shape index (κ1) is 25.9. The largest absolute Gasteiger partial charge is 0.331 e. The van der Waals surface area contributed by atoms with Gasteiger partial charge in [0, 0.05) is 17.7 Å². The van der Waals surface area contributed by atoms with Crippen LogP contribution in [0.1, 0.15) is 45.2 Å². The highest BCUT2D eigenvalue weighted by atomic mass is 16.2. The summed E-state index contributed by atoms with van der Waals surface area (Å²) in [5.74, 6) is -0.635. The van der Waals surface area contributed by atoms with Crippen molar-refractivity contribution in [2.45, 2.75) is 27.2 Å². The van der Waals surface area contributed by atoms with Gasteiger partial charge in [-0.1, -0.05) is 79.7 Å². The van der Waals surface area contributed by atoms with Gasteiger partial charge in [-0.25, -0.2) is 4.68 Å². The smallest absolute Gasteiger partial charge is 0.282 e. The maximum absolute atomic E-state index is 13.9. The molecule has 0 saturated carbocycles. The van der Waals surface area contributed by atoms with Crippen molar-refractivity contribution in [3.05, 3.63) is 124 Å². The fraction of sp³-hybridized carbons (Fsp3) is 0.182. The number of aromatic amines is 1. The number of benzene rings is 4. The number of amides is 1. The fourth-order valence-corrected chi connectivity index (χ4v) is 4.94. The van der Waals surface area contributed by atoms with E-state index in [1.165, 1.54) is 9.58 Å². The third-order valence-corrected chi connectivity index (χ3v) is 7.16. The van der Waals surface area contributed by atoms with E-state index in [-0.39, 0.29) is 18.0 Å². The van der Waals surface area contributed by atoms with Gasteiger partial charge in [0.1, 0.15) is 5.56 Å². The number of carbonyl (C=O) groups is 2. The molecular weight excluding hydrogens is 486 g/mol. The summed E-state index contributed by atoms with van der Waals surface area (Å²) in [6.45, 7) is 6.10. The summed E-state index contributed by atoms with van der Waals surface area (Å²) in [5.41, 5.74) is 3.98. The molecule has 0 spiro atoms. The number of ketones is 1. The van der Waals surface area contributed by atoms with Crippen LogP contribution in [0.4, 0.5) is 0 Å². The minimum atomic E-state index is -0.429. The molecule has 196 valence electrons. The Morgan fingerprint density at radius 3 is 2.31 bits per heavy atom. The second-order valence-electron chi connectivity index (χ2n) is 9.80. The van der Waals surface area contributed by atoms with Crippen molar-refractivity contribution in [1.29, 1.82) is 0 Å². The lowest BCUT2D eigenvalue weighted by Gasteiger charge is -2.21. The number of nitrogens with one attached hydrogen (secondary N) is 1. The SMILES string of the molecule is CCCN(CC(=O)c1c(-c2ccccc2)[nH]n(-c2cccc(C)c2C)c1=O)C(=O)c1ccc2ccccc2c1. The van der Waals surface area contributed by atoms with Gasteiger partial charge in [-0.15, -0.1) is 0 Å². The van der Waals surface area contributed by atoms with Crippen LogP contribution in [0.3, 0.4) is 0 Å². The molecule has 0 bridgehead atoms. The molecule has 6 heteroatoms. The normalized spacial score (nSPS) is 11.1. The average molecular weight is 518 g/mol. The number of nitrogens with zero attached hydrogens (tertiary/aromatic N) is 2. The number of rotatable bonds is 8. The van der Waals surface area contributed by atoms with Crippen LogP contribution in [0.2, 0.25) is 0 Å². The molecule has 4 aromatic carbocycles. The molecule has 0 saturated heterocycles. The maximum atomic E-state index is 13.9. The number of Topliss-reactive ketones (excluding diaryl/α,β-unsaturated/α-hetero) is 1. The zero-order chi connectivity index (χ0) is 27.5. The van der Waals surface area contributed by atoms with Crippen molar-refractivity contribution in [1.82, 2.24) is 14.7 Å². The van der Waals surface area contributed by atoms with Crippen LogP contribution in [0, 0.1) is 13.8 Å². The fourth-order valence-electron chi connectivity index (χ4n) is 4.94. The molecule has 5 aromatic rings. The Kier molecular flexibility index (Phi) is 7.28.